The van der Waals surface area contributed by atoms with Crippen LogP contribution in [0.1, 0.15) is 36.8 Å². The number of hydrogen-bond acceptors (Lipinski definition) is 5. The van der Waals surface area contributed by atoms with Gasteiger partial charge in [-0.15, -0.1) is 0 Å². The number of likely N-dealkylation sites (tertiary alicyclic amines) is 1. The fourth-order valence-corrected chi connectivity index (χ4v) is 4.22. The van der Waals surface area contributed by atoms with E-state index in [1.165, 1.54) is 0 Å². The summed E-state index contributed by atoms with van der Waals surface area (Å²) < 4.78 is 6.73. The molecule has 30 heavy (non-hydrogen) atoms. The summed E-state index contributed by atoms with van der Waals surface area (Å²) in [5.41, 5.74) is 2.75. The monoisotopic (exact) mass is 409 g/mol. The summed E-state index contributed by atoms with van der Waals surface area (Å²) in [6.07, 6.45) is 1.54. The number of fused-ring (bicyclic) bond motifs is 1. The fraction of sp³-hybridized carbons (Fsp3) is 0.455. The zero-order valence-electron chi connectivity index (χ0n) is 17.6. The lowest BCUT2D eigenvalue weighted by atomic mass is 9.81. The van der Waals surface area contributed by atoms with Gasteiger partial charge in [-0.2, -0.15) is 0 Å². The lowest BCUT2D eigenvalue weighted by molar-refractivity contribution is -0.141. The number of carbonyl (C=O) groups excluding carboxylic acids is 2. The number of nitrogens with one attached hydrogen (secondary N) is 1. The van der Waals surface area contributed by atoms with Gasteiger partial charge in [0.1, 0.15) is 17.9 Å². The first-order valence-electron chi connectivity index (χ1n) is 10.3. The summed E-state index contributed by atoms with van der Waals surface area (Å²) in [7, 11) is 0. The molecule has 2 aromatic heterocycles. The largest absolute Gasteiger partial charge is 0.350 e. The Balaban J connectivity index is 1.43. The van der Waals surface area contributed by atoms with E-state index in [0.717, 1.165) is 29.4 Å². The number of para-hydroxylation sites is 1. The minimum atomic E-state index is -0.632. The molecule has 1 atom stereocenters. The third-order valence-corrected chi connectivity index (χ3v) is 6.07. The van der Waals surface area contributed by atoms with Crippen molar-refractivity contribution in [1.29, 1.82) is 0 Å². The Morgan fingerprint density at radius 2 is 2.03 bits per heavy atom. The Bertz CT molecular complexity index is 1090. The summed E-state index contributed by atoms with van der Waals surface area (Å²) in [4.78, 5) is 27.8. The number of aryl methyl sites for hydroxylation is 2. The molecule has 4 rings (SSSR count). The van der Waals surface area contributed by atoms with Crippen LogP contribution < -0.4 is 5.32 Å². The topological polar surface area (TPSA) is 93.3 Å². The van der Waals surface area contributed by atoms with Gasteiger partial charge >= 0.3 is 0 Å². The first-order chi connectivity index (χ1) is 14.4. The van der Waals surface area contributed by atoms with Crippen molar-refractivity contribution in [2.24, 2.45) is 5.41 Å². The highest BCUT2D eigenvalue weighted by Gasteiger charge is 2.39. The molecule has 0 spiro atoms. The number of nitrogens with zero attached hydrogens (tertiary/aromatic N) is 4. The summed E-state index contributed by atoms with van der Waals surface area (Å²) in [5.74, 6) is -0.0419. The number of benzene rings is 1. The molecule has 8 nitrogen and oxygen atoms in total. The molecule has 1 aliphatic rings. The maximum Gasteiger partial charge on any atom is 0.242 e. The maximum atomic E-state index is 13.1. The van der Waals surface area contributed by atoms with Crippen molar-refractivity contribution >= 4 is 22.7 Å². The second kappa shape index (κ2) is 7.93. The van der Waals surface area contributed by atoms with Crippen molar-refractivity contribution in [3.63, 3.8) is 0 Å². The Kier molecular flexibility index (Phi) is 5.32. The highest BCUT2D eigenvalue weighted by Crippen LogP contribution is 2.30. The summed E-state index contributed by atoms with van der Waals surface area (Å²) in [5, 5.41) is 11.6. The second-order valence-corrected chi connectivity index (χ2v) is 8.39. The van der Waals surface area contributed by atoms with Crippen LogP contribution in [0.15, 0.2) is 35.0 Å². The van der Waals surface area contributed by atoms with Gasteiger partial charge in [0, 0.05) is 24.3 Å². The molecule has 1 unspecified atom stereocenters. The van der Waals surface area contributed by atoms with Crippen LogP contribution in [-0.2, 0) is 22.7 Å². The summed E-state index contributed by atoms with van der Waals surface area (Å²) in [6, 6.07) is 10.2. The molecule has 158 valence electrons. The van der Waals surface area contributed by atoms with E-state index in [2.05, 4.69) is 32.4 Å². The predicted octanol–water partition coefficient (Wildman–Crippen LogP) is 2.59. The van der Waals surface area contributed by atoms with Gasteiger partial charge in [0.15, 0.2) is 0 Å². The van der Waals surface area contributed by atoms with Gasteiger partial charge in [0.05, 0.1) is 12.0 Å². The lowest BCUT2D eigenvalue weighted by Crippen LogP contribution is -2.52. The van der Waals surface area contributed by atoms with E-state index in [4.69, 9.17) is 0 Å². The molecule has 3 heterocycles. The first kappa shape index (κ1) is 20.1. The highest BCUT2D eigenvalue weighted by molar-refractivity contribution is 5.86. The van der Waals surface area contributed by atoms with Crippen LogP contribution in [0.4, 0.5) is 0 Å². The third-order valence-electron chi connectivity index (χ3n) is 6.07. The van der Waals surface area contributed by atoms with Crippen LogP contribution in [0.3, 0.4) is 0 Å². The molecule has 1 N–H and O–H groups in total. The van der Waals surface area contributed by atoms with Crippen molar-refractivity contribution in [2.45, 2.75) is 46.7 Å². The average molecular weight is 409 g/mol. The average Bonchev–Trinajstić information content (AvgIpc) is 3.28. The third kappa shape index (κ3) is 3.81. The Labute approximate surface area is 175 Å². The Morgan fingerprint density at radius 1 is 1.23 bits per heavy atom. The number of aromatic nitrogens is 3. The van der Waals surface area contributed by atoms with Crippen LogP contribution in [0.5, 0.6) is 0 Å². The zero-order chi connectivity index (χ0) is 21.3. The molecule has 0 bridgehead atoms. The Hall–Kier alpha value is -3.16. The molecule has 1 aromatic carbocycles. The van der Waals surface area contributed by atoms with E-state index < -0.39 is 5.41 Å². The second-order valence-electron chi connectivity index (χ2n) is 8.39. The molecule has 0 radical (unpaired) electrons. The molecular formula is C22H27N5O3. The molecular weight excluding hydrogens is 382 g/mol. The number of carbonyl (C=O) groups is 2. The van der Waals surface area contributed by atoms with E-state index in [1.807, 2.05) is 41.5 Å². The van der Waals surface area contributed by atoms with Crippen molar-refractivity contribution in [1.82, 2.24) is 25.1 Å². The van der Waals surface area contributed by atoms with E-state index >= 15 is 0 Å². The number of rotatable bonds is 5. The maximum absolute atomic E-state index is 13.1. The smallest absolute Gasteiger partial charge is 0.242 e. The minimum absolute atomic E-state index is 0.0368. The molecule has 0 aliphatic carbocycles. The summed E-state index contributed by atoms with van der Waals surface area (Å²) in [6.45, 7) is 7.35. The van der Waals surface area contributed by atoms with Gasteiger partial charge < -0.3 is 14.8 Å². The molecule has 3 aromatic rings. The number of amides is 2. The van der Waals surface area contributed by atoms with E-state index in [9.17, 15) is 9.59 Å². The SMILES string of the molecule is Cc1nonc1CNC(=O)C1(C)CCCN(C(=O)Cn2c(C)cc3ccccc32)C1. The molecule has 2 amide bonds. The van der Waals surface area contributed by atoms with Crippen molar-refractivity contribution < 1.29 is 14.2 Å². The van der Waals surface area contributed by atoms with Gasteiger partial charge in [0.2, 0.25) is 11.8 Å². The van der Waals surface area contributed by atoms with E-state index in [-0.39, 0.29) is 24.9 Å². The molecule has 1 saturated heterocycles. The van der Waals surface area contributed by atoms with Crippen LogP contribution in [0.25, 0.3) is 10.9 Å². The molecule has 1 aliphatic heterocycles. The normalized spacial score (nSPS) is 19.2. The molecule has 0 saturated carbocycles. The quantitative estimate of drug-likeness (QED) is 0.699. The Morgan fingerprint density at radius 3 is 2.80 bits per heavy atom. The first-order valence-corrected chi connectivity index (χ1v) is 10.3. The van der Waals surface area contributed by atoms with Crippen LogP contribution in [0, 0.1) is 19.3 Å². The van der Waals surface area contributed by atoms with Crippen molar-refractivity contribution in [2.75, 3.05) is 13.1 Å². The molecule has 8 heteroatoms. The van der Waals surface area contributed by atoms with Gasteiger partial charge in [-0.1, -0.05) is 28.5 Å². The van der Waals surface area contributed by atoms with Crippen LogP contribution in [0.2, 0.25) is 0 Å². The van der Waals surface area contributed by atoms with Crippen LogP contribution >= 0.6 is 0 Å². The predicted molar refractivity (Wildman–Crippen MR) is 111 cm³/mol. The fourth-order valence-electron chi connectivity index (χ4n) is 4.22. The zero-order valence-corrected chi connectivity index (χ0v) is 17.6. The van der Waals surface area contributed by atoms with Gasteiger partial charge in [-0.05, 0) is 51.1 Å². The standard InChI is InChI=1S/C22H27N5O3/c1-15-11-17-7-4-5-8-19(17)27(15)13-20(28)26-10-6-9-22(3,14-26)21(29)23-12-18-16(2)24-30-25-18/h4-5,7-8,11H,6,9-10,12-14H2,1-3H3,(H,23,29). The van der Waals surface area contributed by atoms with Crippen molar-refractivity contribution in [3.8, 4) is 0 Å². The lowest BCUT2D eigenvalue weighted by Gasteiger charge is -2.39. The van der Waals surface area contributed by atoms with Gasteiger partial charge in [-0.3, -0.25) is 9.59 Å². The van der Waals surface area contributed by atoms with Gasteiger partial charge in [-0.25, -0.2) is 4.63 Å². The van der Waals surface area contributed by atoms with Crippen molar-refractivity contribution in [3.05, 3.63) is 47.4 Å². The number of piperidine rings is 1. The highest BCUT2D eigenvalue weighted by atomic mass is 16.6. The molecule has 1 fully saturated rings. The number of hydrogen-bond donors (Lipinski definition) is 1. The van der Waals surface area contributed by atoms with E-state index in [0.29, 0.717) is 24.5 Å². The van der Waals surface area contributed by atoms with E-state index in [1.54, 1.807) is 6.92 Å². The summed E-state index contributed by atoms with van der Waals surface area (Å²) >= 11 is 0. The van der Waals surface area contributed by atoms with Gasteiger partial charge in [0.25, 0.3) is 0 Å². The minimum Gasteiger partial charge on any atom is -0.350 e. The van der Waals surface area contributed by atoms with Crippen LogP contribution in [-0.4, -0.2) is 44.7 Å².